The Morgan fingerprint density at radius 2 is 1.90 bits per heavy atom. The van der Waals surface area contributed by atoms with E-state index in [2.05, 4.69) is 21.2 Å². The lowest BCUT2D eigenvalue weighted by atomic mass is 9.97. The summed E-state index contributed by atoms with van der Waals surface area (Å²) in [7, 11) is 1.84. The van der Waals surface area contributed by atoms with Gasteiger partial charge in [-0.2, -0.15) is 0 Å². The van der Waals surface area contributed by atoms with E-state index < -0.39 is 0 Å². The Hall–Kier alpha value is -1.26. The van der Waals surface area contributed by atoms with Crippen LogP contribution in [0.3, 0.4) is 0 Å². The molecule has 1 unspecified atom stereocenters. The van der Waals surface area contributed by atoms with Crippen molar-refractivity contribution in [3.63, 3.8) is 0 Å². The van der Waals surface area contributed by atoms with Crippen LogP contribution in [-0.2, 0) is 6.42 Å². The Kier molecular flexibility index (Phi) is 4.89. The van der Waals surface area contributed by atoms with Gasteiger partial charge >= 0.3 is 0 Å². The summed E-state index contributed by atoms with van der Waals surface area (Å²) in [6.07, 6.45) is 0.637. The Morgan fingerprint density at radius 1 is 1.15 bits per heavy atom. The number of nitrogens with one attached hydrogen (secondary N) is 1. The van der Waals surface area contributed by atoms with Crippen molar-refractivity contribution in [1.82, 2.24) is 5.32 Å². The first-order valence-electron chi connectivity index (χ1n) is 6.38. The molecule has 1 nitrogen and oxygen atoms in total. The Bertz CT molecular complexity index is 593. The van der Waals surface area contributed by atoms with E-state index in [1.54, 1.807) is 13.0 Å². The van der Waals surface area contributed by atoms with Crippen LogP contribution in [0.5, 0.6) is 0 Å². The molecule has 106 valence electrons. The van der Waals surface area contributed by atoms with Crippen molar-refractivity contribution in [2.75, 3.05) is 7.05 Å². The predicted molar refractivity (Wildman–Crippen MR) is 80.7 cm³/mol. The van der Waals surface area contributed by atoms with E-state index >= 15 is 0 Å². The van der Waals surface area contributed by atoms with Gasteiger partial charge in [-0.1, -0.05) is 28.1 Å². The predicted octanol–water partition coefficient (Wildman–Crippen LogP) is 4.54. The van der Waals surface area contributed by atoms with Gasteiger partial charge in [0.2, 0.25) is 0 Å². The summed E-state index contributed by atoms with van der Waals surface area (Å²) in [5.74, 6) is -0.475. The zero-order valence-corrected chi connectivity index (χ0v) is 13.0. The first kappa shape index (κ1) is 15.1. The van der Waals surface area contributed by atoms with Gasteiger partial charge in [0, 0.05) is 10.5 Å². The Balaban J connectivity index is 2.26. The Labute approximate surface area is 126 Å². The van der Waals surface area contributed by atoms with Crippen molar-refractivity contribution in [3.05, 3.63) is 69.2 Å². The van der Waals surface area contributed by atoms with E-state index in [4.69, 9.17) is 0 Å². The molecule has 0 heterocycles. The van der Waals surface area contributed by atoms with Crippen LogP contribution in [0.2, 0.25) is 0 Å². The zero-order chi connectivity index (χ0) is 14.7. The molecule has 2 rings (SSSR count). The van der Waals surface area contributed by atoms with E-state index in [9.17, 15) is 8.78 Å². The van der Waals surface area contributed by atoms with Gasteiger partial charge in [0.1, 0.15) is 11.6 Å². The van der Waals surface area contributed by atoms with E-state index in [0.29, 0.717) is 12.0 Å². The van der Waals surface area contributed by atoms with Crippen molar-refractivity contribution in [1.29, 1.82) is 0 Å². The van der Waals surface area contributed by atoms with Gasteiger partial charge in [-0.05, 0) is 61.3 Å². The summed E-state index contributed by atoms with van der Waals surface area (Å²) >= 11 is 3.29. The average Bonchev–Trinajstić information content (AvgIpc) is 2.38. The van der Waals surface area contributed by atoms with Gasteiger partial charge in [-0.25, -0.2) is 8.78 Å². The van der Waals surface area contributed by atoms with E-state index in [0.717, 1.165) is 15.6 Å². The van der Waals surface area contributed by atoms with Crippen LogP contribution in [0.25, 0.3) is 0 Å². The summed E-state index contributed by atoms with van der Waals surface area (Å²) in [6, 6.07) is 9.91. The topological polar surface area (TPSA) is 12.0 Å². The minimum atomic E-state index is -0.264. The summed E-state index contributed by atoms with van der Waals surface area (Å²) < 4.78 is 27.4. The molecule has 1 N–H and O–H groups in total. The normalized spacial score (nSPS) is 12.4. The highest BCUT2D eigenvalue weighted by Gasteiger charge is 2.12. The molecule has 0 aliphatic rings. The third-order valence-corrected chi connectivity index (χ3v) is 3.75. The van der Waals surface area contributed by atoms with E-state index in [1.807, 2.05) is 19.2 Å². The molecular weight excluding hydrogens is 324 g/mol. The first-order chi connectivity index (χ1) is 9.49. The molecule has 0 aliphatic carbocycles. The number of benzene rings is 2. The summed E-state index contributed by atoms with van der Waals surface area (Å²) in [6.45, 7) is 1.74. The molecule has 0 bridgehead atoms. The molecule has 20 heavy (non-hydrogen) atoms. The molecular formula is C16H16BrF2N. The van der Waals surface area contributed by atoms with Gasteiger partial charge in [0.05, 0.1) is 0 Å². The van der Waals surface area contributed by atoms with Crippen molar-refractivity contribution in [2.24, 2.45) is 0 Å². The fraction of sp³-hybridized carbons (Fsp3) is 0.250. The van der Waals surface area contributed by atoms with Crippen LogP contribution in [0.1, 0.15) is 22.7 Å². The standard InChI is InChI=1S/C16H16BrF2N/c1-10-5-12(3-4-15(10)19)16(20-2)8-11-6-13(17)9-14(18)7-11/h3-7,9,16,20H,8H2,1-2H3. The molecule has 4 heteroatoms. The minimum absolute atomic E-state index is 0.0167. The minimum Gasteiger partial charge on any atom is -0.313 e. The van der Waals surface area contributed by atoms with Gasteiger partial charge < -0.3 is 5.32 Å². The second kappa shape index (κ2) is 6.46. The smallest absolute Gasteiger partial charge is 0.126 e. The molecule has 0 fully saturated rings. The summed E-state index contributed by atoms with van der Waals surface area (Å²) in [5, 5.41) is 3.19. The lowest BCUT2D eigenvalue weighted by Gasteiger charge is -2.18. The molecule has 0 spiro atoms. The molecule has 0 aliphatic heterocycles. The largest absolute Gasteiger partial charge is 0.313 e. The average molecular weight is 340 g/mol. The van der Waals surface area contributed by atoms with Gasteiger partial charge in [-0.3, -0.25) is 0 Å². The molecule has 0 saturated carbocycles. The molecule has 2 aromatic carbocycles. The fourth-order valence-electron chi connectivity index (χ4n) is 2.24. The molecule has 1 atom stereocenters. The van der Waals surface area contributed by atoms with Crippen LogP contribution >= 0.6 is 15.9 Å². The Morgan fingerprint density at radius 3 is 2.50 bits per heavy atom. The number of rotatable bonds is 4. The van der Waals surface area contributed by atoms with Crippen molar-refractivity contribution in [3.8, 4) is 0 Å². The summed E-state index contributed by atoms with van der Waals surface area (Å²) in [4.78, 5) is 0. The molecule has 0 aromatic heterocycles. The van der Waals surface area contributed by atoms with E-state index in [-0.39, 0.29) is 17.7 Å². The van der Waals surface area contributed by atoms with Gasteiger partial charge in [0.25, 0.3) is 0 Å². The van der Waals surface area contributed by atoms with Crippen LogP contribution < -0.4 is 5.32 Å². The zero-order valence-electron chi connectivity index (χ0n) is 11.4. The maximum atomic E-state index is 13.4. The van der Waals surface area contributed by atoms with Crippen LogP contribution in [-0.4, -0.2) is 7.05 Å². The van der Waals surface area contributed by atoms with Crippen molar-refractivity contribution in [2.45, 2.75) is 19.4 Å². The van der Waals surface area contributed by atoms with Crippen LogP contribution in [0.4, 0.5) is 8.78 Å². The highest BCUT2D eigenvalue weighted by molar-refractivity contribution is 9.10. The third-order valence-electron chi connectivity index (χ3n) is 3.29. The SMILES string of the molecule is CNC(Cc1cc(F)cc(Br)c1)c1ccc(F)c(C)c1. The molecule has 0 radical (unpaired) electrons. The van der Waals surface area contributed by atoms with Crippen molar-refractivity contribution < 1.29 is 8.78 Å². The second-order valence-electron chi connectivity index (χ2n) is 4.83. The quantitative estimate of drug-likeness (QED) is 0.862. The summed E-state index contributed by atoms with van der Waals surface area (Å²) in [5.41, 5.74) is 2.49. The van der Waals surface area contributed by atoms with Crippen LogP contribution in [0, 0.1) is 18.6 Å². The first-order valence-corrected chi connectivity index (χ1v) is 7.17. The maximum absolute atomic E-state index is 13.4. The lowest BCUT2D eigenvalue weighted by molar-refractivity contribution is 0.577. The lowest BCUT2D eigenvalue weighted by Crippen LogP contribution is -2.19. The number of aryl methyl sites for hydroxylation is 1. The number of halogens is 3. The number of hydrogen-bond donors (Lipinski definition) is 1. The fourth-order valence-corrected chi connectivity index (χ4v) is 2.75. The molecule has 0 amide bonds. The highest BCUT2D eigenvalue weighted by Crippen LogP contribution is 2.23. The monoisotopic (exact) mass is 339 g/mol. The van der Waals surface area contributed by atoms with E-state index in [1.165, 1.54) is 18.2 Å². The highest BCUT2D eigenvalue weighted by atomic mass is 79.9. The van der Waals surface area contributed by atoms with Crippen LogP contribution in [0.15, 0.2) is 40.9 Å². The maximum Gasteiger partial charge on any atom is 0.126 e. The second-order valence-corrected chi connectivity index (χ2v) is 5.75. The molecule has 2 aromatic rings. The number of hydrogen-bond acceptors (Lipinski definition) is 1. The van der Waals surface area contributed by atoms with Crippen molar-refractivity contribution >= 4 is 15.9 Å². The third kappa shape index (κ3) is 3.64. The van der Waals surface area contributed by atoms with Gasteiger partial charge in [-0.15, -0.1) is 0 Å². The molecule has 0 saturated heterocycles. The van der Waals surface area contributed by atoms with Gasteiger partial charge in [0.15, 0.2) is 0 Å². The number of likely N-dealkylation sites (N-methyl/N-ethyl adjacent to an activating group) is 1.